The largest absolute Gasteiger partial charge is 0.478 e. The molecule has 3 aliphatic rings. The van der Waals surface area contributed by atoms with Gasteiger partial charge in [0.15, 0.2) is 11.6 Å². The topological polar surface area (TPSA) is 33.7 Å². The van der Waals surface area contributed by atoms with Crippen LogP contribution in [-0.4, -0.2) is 49.3 Å². The van der Waals surface area contributed by atoms with E-state index in [4.69, 9.17) is 9.47 Å². The SMILES string of the molecule is CC1CC(CN2C[C@@H]3Oc4c(F)ccc(F)c4O[C@@H]3C2)CCN1. The standard InChI is InChI=1S/C17H22F2N2O2/c1-10-6-11(4-5-20-10)7-21-8-14-15(9-21)23-17-13(19)3-2-12(18)16(17)22-14/h2-3,10-11,14-15,20H,4-9H2,1H3/t10?,11?,14-,15+. The molecule has 3 heterocycles. The number of rotatable bonds is 2. The van der Waals surface area contributed by atoms with Crippen molar-refractivity contribution in [1.29, 1.82) is 0 Å². The summed E-state index contributed by atoms with van der Waals surface area (Å²) in [5.41, 5.74) is 0. The molecule has 2 saturated heterocycles. The first-order valence-electron chi connectivity index (χ1n) is 8.37. The molecule has 0 amide bonds. The minimum Gasteiger partial charge on any atom is -0.478 e. The van der Waals surface area contributed by atoms with E-state index >= 15 is 0 Å². The molecule has 0 spiro atoms. The summed E-state index contributed by atoms with van der Waals surface area (Å²) in [5, 5.41) is 3.46. The van der Waals surface area contributed by atoms with Crippen LogP contribution in [0, 0.1) is 17.6 Å². The van der Waals surface area contributed by atoms with Crippen LogP contribution in [0.2, 0.25) is 0 Å². The van der Waals surface area contributed by atoms with Crippen LogP contribution in [0.25, 0.3) is 0 Å². The van der Waals surface area contributed by atoms with Crippen LogP contribution >= 0.6 is 0 Å². The molecule has 2 unspecified atom stereocenters. The Morgan fingerprint density at radius 2 is 1.74 bits per heavy atom. The molecule has 0 saturated carbocycles. The van der Waals surface area contributed by atoms with Crippen molar-refractivity contribution >= 4 is 0 Å². The van der Waals surface area contributed by atoms with Gasteiger partial charge in [0.05, 0.1) is 0 Å². The van der Waals surface area contributed by atoms with Crippen LogP contribution in [0.3, 0.4) is 0 Å². The quantitative estimate of drug-likeness (QED) is 0.904. The highest BCUT2D eigenvalue weighted by atomic mass is 19.1. The average Bonchev–Trinajstić information content (AvgIpc) is 2.91. The van der Waals surface area contributed by atoms with Gasteiger partial charge in [0.1, 0.15) is 12.2 Å². The fourth-order valence-corrected chi connectivity index (χ4v) is 4.00. The molecule has 23 heavy (non-hydrogen) atoms. The molecule has 0 radical (unpaired) electrons. The number of nitrogens with zero attached hydrogens (tertiary/aromatic N) is 1. The monoisotopic (exact) mass is 324 g/mol. The van der Waals surface area contributed by atoms with E-state index in [-0.39, 0.29) is 23.7 Å². The van der Waals surface area contributed by atoms with Gasteiger partial charge in [-0.25, -0.2) is 8.78 Å². The lowest BCUT2D eigenvalue weighted by atomic mass is 9.93. The summed E-state index contributed by atoms with van der Waals surface area (Å²) >= 11 is 0. The van der Waals surface area contributed by atoms with Gasteiger partial charge in [-0.15, -0.1) is 0 Å². The van der Waals surface area contributed by atoms with E-state index in [2.05, 4.69) is 17.1 Å². The lowest BCUT2D eigenvalue weighted by molar-refractivity contribution is 0.0467. The molecule has 3 aliphatic heterocycles. The average molecular weight is 324 g/mol. The number of benzene rings is 1. The van der Waals surface area contributed by atoms with Gasteiger partial charge in [0.25, 0.3) is 0 Å². The predicted octanol–water partition coefficient (Wildman–Crippen LogP) is 2.18. The second-order valence-corrected chi connectivity index (χ2v) is 6.96. The van der Waals surface area contributed by atoms with Gasteiger partial charge in [-0.3, -0.25) is 4.90 Å². The van der Waals surface area contributed by atoms with Gasteiger partial charge in [-0.1, -0.05) is 0 Å². The van der Waals surface area contributed by atoms with Crippen molar-refractivity contribution in [3.05, 3.63) is 23.8 Å². The molecule has 6 heteroatoms. The summed E-state index contributed by atoms with van der Waals surface area (Å²) < 4.78 is 39.1. The number of ether oxygens (including phenoxy) is 2. The Morgan fingerprint density at radius 1 is 1.13 bits per heavy atom. The first kappa shape index (κ1) is 15.1. The van der Waals surface area contributed by atoms with Gasteiger partial charge in [0.2, 0.25) is 11.5 Å². The maximum atomic E-state index is 13.8. The number of hydrogen-bond donors (Lipinski definition) is 1. The molecule has 4 rings (SSSR count). The zero-order valence-electron chi connectivity index (χ0n) is 13.2. The Balaban J connectivity index is 1.43. The smallest absolute Gasteiger partial charge is 0.200 e. The van der Waals surface area contributed by atoms with Crippen LogP contribution in [0.4, 0.5) is 8.78 Å². The Kier molecular flexibility index (Phi) is 3.89. The Labute approximate surface area is 134 Å². The number of likely N-dealkylation sites (tertiary alicyclic amines) is 1. The summed E-state index contributed by atoms with van der Waals surface area (Å²) in [7, 11) is 0. The van der Waals surface area contributed by atoms with Crippen LogP contribution in [0.5, 0.6) is 11.5 Å². The summed E-state index contributed by atoms with van der Waals surface area (Å²) in [4.78, 5) is 2.31. The van der Waals surface area contributed by atoms with Crippen molar-refractivity contribution in [2.75, 3.05) is 26.2 Å². The van der Waals surface area contributed by atoms with Gasteiger partial charge in [0, 0.05) is 25.7 Å². The Hall–Kier alpha value is -1.40. The zero-order chi connectivity index (χ0) is 16.0. The minimum atomic E-state index is -0.564. The lowest BCUT2D eigenvalue weighted by Crippen LogP contribution is -2.40. The highest BCUT2D eigenvalue weighted by Crippen LogP contribution is 2.40. The van der Waals surface area contributed by atoms with E-state index in [0.29, 0.717) is 25.0 Å². The van der Waals surface area contributed by atoms with E-state index in [1.165, 1.54) is 6.42 Å². The summed E-state index contributed by atoms with van der Waals surface area (Å²) in [5.74, 6) is -0.634. The molecule has 1 aromatic rings. The van der Waals surface area contributed by atoms with E-state index in [0.717, 1.165) is 31.6 Å². The van der Waals surface area contributed by atoms with Crippen LogP contribution in [0.1, 0.15) is 19.8 Å². The van der Waals surface area contributed by atoms with Crippen molar-refractivity contribution in [2.24, 2.45) is 5.92 Å². The molecule has 1 aromatic carbocycles. The first-order valence-corrected chi connectivity index (χ1v) is 8.37. The lowest BCUT2D eigenvalue weighted by Gasteiger charge is -2.30. The zero-order valence-corrected chi connectivity index (χ0v) is 13.2. The first-order chi connectivity index (χ1) is 11.1. The van der Waals surface area contributed by atoms with Crippen molar-refractivity contribution < 1.29 is 18.3 Å². The summed E-state index contributed by atoms with van der Waals surface area (Å²) in [6.45, 7) is 5.68. The number of hydrogen-bond acceptors (Lipinski definition) is 4. The predicted molar refractivity (Wildman–Crippen MR) is 81.8 cm³/mol. The van der Waals surface area contributed by atoms with Gasteiger partial charge in [-0.05, 0) is 44.4 Å². The third-order valence-corrected chi connectivity index (χ3v) is 5.09. The molecular formula is C17H22F2N2O2. The number of nitrogens with one attached hydrogen (secondary N) is 1. The van der Waals surface area contributed by atoms with Gasteiger partial charge >= 0.3 is 0 Å². The molecule has 0 bridgehead atoms. The van der Waals surface area contributed by atoms with Crippen LogP contribution in [-0.2, 0) is 0 Å². The van der Waals surface area contributed by atoms with Crippen molar-refractivity contribution in [3.8, 4) is 11.5 Å². The van der Waals surface area contributed by atoms with Crippen molar-refractivity contribution in [2.45, 2.75) is 38.0 Å². The third kappa shape index (κ3) is 2.90. The Morgan fingerprint density at radius 3 is 2.30 bits per heavy atom. The van der Waals surface area contributed by atoms with Crippen LogP contribution < -0.4 is 14.8 Å². The fraction of sp³-hybridized carbons (Fsp3) is 0.647. The molecule has 126 valence electrons. The highest BCUT2D eigenvalue weighted by molar-refractivity contribution is 5.44. The number of halogens is 2. The van der Waals surface area contributed by atoms with E-state index in [9.17, 15) is 8.78 Å². The minimum absolute atomic E-state index is 0.0800. The van der Waals surface area contributed by atoms with Crippen LogP contribution in [0.15, 0.2) is 12.1 Å². The van der Waals surface area contributed by atoms with Crippen molar-refractivity contribution in [1.82, 2.24) is 10.2 Å². The summed E-state index contributed by atoms with van der Waals surface area (Å²) in [6.07, 6.45) is 1.88. The summed E-state index contributed by atoms with van der Waals surface area (Å²) in [6, 6.07) is 2.72. The third-order valence-electron chi connectivity index (χ3n) is 5.09. The molecular weight excluding hydrogens is 302 g/mol. The second kappa shape index (κ2) is 5.91. The molecule has 1 N–H and O–H groups in total. The van der Waals surface area contributed by atoms with Gasteiger partial charge < -0.3 is 14.8 Å². The maximum absolute atomic E-state index is 13.8. The normalized spacial score (nSPS) is 33.5. The van der Waals surface area contributed by atoms with E-state index in [1.54, 1.807) is 0 Å². The molecule has 4 atom stereocenters. The molecule has 4 nitrogen and oxygen atoms in total. The molecule has 0 aliphatic carbocycles. The van der Waals surface area contributed by atoms with Gasteiger partial charge in [-0.2, -0.15) is 0 Å². The Bertz CT molecular complexity index is 559. The fourth-order valence-electron chi connectivity index (χ4n) is 4.00. The molecule has 0 aromatic heterocycles. The maximum Gasteiger partial charge on any atom is 0.200 e. The second-order valence-electron chi connectivity index (χ2n) is 6.96. The van der Waals surface area contributed by atoms with E-state index in [1.807, 2.05) is 0 Å². The van der Waals surface area contributed by atoms with Crippen molar-refractivity contribution in [3.63, 3.8) is 0 Å². The number of piperidine rings is 1. The van der Waals surface area contributed by atoms with E-state index < -0.39 is 11.6 Å². The molecule has 2 fully saturated rings. The number of fused-ring (bicyclic) bond motifs is 2. The highest BCUT2D eigenvalue weighted by Gasteiger charge is 2.42.